The summed E-state index contributed by atoms with van der Waals surface area (Å²) in [4.78, 5) is 2.97. The molecule has 26 heavy (non-hydrogen) atoms. The fourth-order valence-corrected chi connectivity index (χ4v) is 6.14. The van der Waals surface area contributed by atoms with Gasteiger partial charge in [-0.3, -0.25) is 0 Å². The molecule has 0 aliphatic heterocycles. The molecule has 0 spiro atoms. The van der Waals surface area contributed by atoms with Gasteiger partial charge in [-0.1, -0.05) is 12.1 Å². The predicted molar refractivity (Wildman–Crippen MR) is 108 cm³/mol. The second kappa shape index (κ2) is 7.72. The molecule has 2 aromatic carbocycles. The molecule has 0 atom stereocenters. The zero-order chi connectivity index (χ0) is 18.9. The van der Waals surface area contributed by atoms with Crippen LogP contribution in [0.15, 0.2) is 62.9 Å². The average molecular weight is 457 g/mol. The van der Waals surface area contributed by atoms with Crippen LogP contribution in [0.25, 0.3) is 10.9 Å². The lowest BCUT2D eigenvalue weighted by Crippen LogP contribution is -2.14. The van der Waals surface area contributed by atoms with Crippen LogP contribution in [0.5, 0.6) is 0 Å². The molecule has 0 N–H and O–H groups in total. The van der Waals surface area contributed by atoms with E-state index in [1.54, 1.807) is 30.5 Å². The number of fused-ring (bicyclic) bond motifs is 1. The summed E-state index contributed by atoms with van der Waals surface area (Å²) in [5.74, 6) is 0.389. The quantitative estimate of drug-likeness (QED) is 0.514. The van der Waals surface area contributed by atoms with Crippen LogP contribution < -0.4 is 0 Å². The maximum absolute atomic E-state index is 13.8. The molecule has 0 bridgehead atoms. The van der Waals surface area contributed by atoms with Gasteiger partial charge in [0.25, 0.3) is 10.0 Å². The van der Waals surface area contributed by atoms with E-state index in [4.69, 9.17) is 0 Å². The Labute approximate surface area is 165 Å². The first-order valence-electron chi connectivity index (χ1n) is 7.89. The molecule has 0 aliphatic rings. The van der Waals surface area contributed by atoms with E-state index in [0.29, 0.717) is 15.4 Å². The normalized spacial score (nSPS) is 12.2. The van der Waals surface area contributed by atoms with E-state index in [0.717, 1.165) is 17.2 Å². The Morgan fingerprint density at radius 2 is 1.92 bits per heavy atom. The van der Waals surface area contributed by atoms with E-state index >= 15 is 0 Å². The summed E-state index contributed by atoms with van der Waals surface area (Å²) in [6.45, 7) is 0.837. The maximum atomic E-state index is 13.8. The highest BCUT2D eigenvalue weighted by molar-refractivity contribution is 9.10. The van der Waals surface area contributed by atoms with Crippen LogP contribution >= 0.6 is 27.7 Å². The van der Waals surface area contributed by atoms with Gasteiger partial charge in [-0.2, -0.15) is 0 Å². The van der Waals surface area contributed by atoms with Crippen molar-refractivity contribution in [1.29, 1.82) is 0 Å². The van der Waals surface area contributed by atoms with E-state index in [1.165, 1.54) is 33.9 Å². The molecule has 4 nitrogen and oxygen atoms in total. The number of hydrogen-bond acceptors (Lipinski definition) is 4. The van der Waals surface area contributed by atoms with Gasteiger partial charge >= 0.3 is 0 Å². The molecule has 0 saturated heterocycles. The smallest absolute Gasteiger partial charge is 0.269 e. The molecule has 0 fully saturated rings. The van der Waals surface area contributed by atoms with Gasteiger partial charge in [0.15, 0.2) is 0 Å². The van der Waals surface area contributed by atoms with Crippen LogP contribution in [-0.2, 0) is 10.0 Å². The maximum Gasteiger partial charge on any atom is 0.269 e. The van der Waals surface area contributed by atoms with Gasteiger partial charge in [-0.05, 0) is 60.4 Å². The Hall–Kier alpha value is -1.35. The molecule has 8 heteroatoms. The first-order chi connectivity index (χ1) is 12.3. The summed E-state index contributed by atoms with van der Waals surface area (Å²) < 4.78 is 41.8. The number of hydrogen-bond donors (Lipinski definition) is 0. The Bertz CT molecular complexity index is 1050. The molecule has 0 amide bonds. The van der Waals surface area contributed by atoms with E-state index < -0.39 is 10.0 Å². The Morgan fingerprint density at radius 1 is 1.19 bits per heavy atom. The molecule has 1 aromatic heterocycles. The van der Waals surface area contributed by atoms with Crippen molar-refractivity contribution in [3.63, 3.8) is 0 Å². The SMILES string of the molecule is CN(C)CCSc1cn(S(=O)(=O)c2ccccc2Br)c2ccc(F)cc12. The summed E-state index contributed by atoms with van der Waals surface area (Å²) in [6, 6.07) is 10.8. The highest BCUT2D eigenvalue weighted by atomic mass is 79.9. The van der Waals surface area contributed by atoms with Crippen molar-refractivity contribution < 1.29 is 12.8 Å². The number of halogens is 2. The number of thioether (sulfide) groups is 1. The van der Waals surface area contributed by atoms with Crippen LogP contribution in [0.3, 0.4) is 0 Å². The number of benzene rings is 2. The fourth-order valence-electron chi connectivity index (χ4n) is 2.56. The standard InChI is InChI=1S/C18H18BrFN2O2S2/c1-21(2)9-10-25-17-12-22(16-8-7-13(20)11-14(16)17)26(23,24)18-6-4-3-5-15(18)19/h3-8,11-12H,9-10H2,1-2H3. The Morgan fingerprint density at radius 3 is 2.62 bits per heavy atom. The highest BCUT2D eigenvalue weighted by Crippen LogP contribution is 2.34. The molecule has 0 aliphatic carbocycles. The van der Waals surface area contributed by atoms with Gasteiger partial charge in [0.2, 0.25) is 0 Å². The second-order valence-electron chi connectivity index (χ2n) is 6.04. The lowest BCUT2D eigenvalue weighted by Gasteiger charge is -2.09. The average Bonchev–Trinajstić information content (AvgIpc) is 2.93. The lowest BCUT2D eigenvalue weighted by molar-refractivity contribution is 0.437. The van der Waals surface area contributed by atoms with Crippen molar-refractivity contribution in [3.05, 3.63) is 59.0 Å². The highest BCUT2D eigenvalue weighted by Gasteiger charge is 2.23. The van der Waals surface area contributed by atoms with Crippen molar-refractivity contribution in [2.45, 2.75) is 9.79 Å². The first-order valence-corrected chi connectivity index (χ1v) is 11.1. The van der Waals surface area contributed by atoms with Crippen LogP contribution in [0.1, 0.15) is 0 Å². The summed E-state index contributed by atoms with van der Waals surface area (Å²) in [6.07, 6.45) is 1.58. The van der Waals surface area contributed by atoms with Gasteiger partial charge in [0, 0.05) is 33.2 Å². The molecule has 3 aromatic rings. The molecule has 3 rings (SSSR count). The first kappa shape index (κ1) is 19.4. The fraction of sp³-hybridized carbons (Fsp3) is 0.222. The van der Waals surface area contributed by atoms with Crippen LogP contribution in [-0.4, -0.2) is 43.7 Å². The van der Waals surface area contributed by atoms with Crippen molar-refractivity contribution >= 4 is 48.6 Å². The summed E-state index contributed by atoms with van der Waals surface area (Å²) >= 11 is 4.82. The third-order valence-electron chi connectivity index (χ3n) is 3.87. The predicted octanol–water partition coefficient (Wildman–Crippen LogP) is 4.43. The number of nitrogens with zero attached hydrogens (tertiary/aromatic N) is 2. The van der Waals surface area contributed by atoms with Crippen molar-refractivity contribution in [3.8, 4) is 0 Å². The van der Waals surface area contributed by atoms with Gasteiger partial charge in [0.1, 0.15) is 10.7 Å². The van der Waals surface area contributed by atoms with E-state index in [2.05, 4.69) is 15.9 Å². The van der Waals surface area contributed by atoms with E-state index in [9.17, 15) is 12.8 Å². The largest absolute Gasteiger partial charge is 0.309 e. The molecular weight excluding hydrogens is 439 g/mol. The van der Waals surface area contributed by atoms with Crippen molar-refractivity contribution in [2.75, 3.05) is 26.4 Å². The summed E-state index contributed by atoms with van der Waals surface area (Å²) in [5.41, 5.74) is 0.467. The van der Waals surface area contributed by atoms with Gasteiger partial charge in [-0.25, -0.2) is 16.8 Å². The summed E-state index contributed by atoms with van der Waals surface area (Å²) in [7, 11) is 0.140. The van der Waals surface area contributed by atoms with Crippen molar-refractivity contribution in [2.24, 2.45) is 0 Å². The number of rotatable bonds is 6. The molecule has 0 radical (unpaired) electrons. The van der Waals surface area contributed by atoms with Gasteiger partial charge in [-0.15, -0.1) is 11.8 Å². The minimum absolute atomic E-state index is 0.172. The Kier molecular flexibility index (Phi) is 5.76. The van der Waals surface area contributed by atoms with Gasteiger partial charge < -0.3 is 4.90 Å². The molecule has 0 unspecified atom stereocenters. The molecule has 138 valence electrons. The monoisotopic (exact) mass is 456 g/mol. The third-order valence-corrected chi connectivity index (χ3v) is 7.57. The zero-order valence-corrected chi connectivity index (χ0v) is 17.5. The number of aromatic nitrogens is 1. The van der Waals surface area contributed by atoms with Crippen LogP contribution in [0, 0.1) is 5.82 Å². The van der Waals surface area contributed by atoms with Crippen LogP contribution in [0.2, 0.25) is 0 Å². The minimum Gasteiger partial charge on any atom is -0.309 e. The van der Waals surface area contributed by atoms with Gasteiger partial charge in [0.05, 0.1) is 5.52 Å². The Balaban J connectivity index is 2.13. The zero-order valence-electron chi connectivity index (χ0n) is 14.3. The van der Waals surface area contributed by atoms with E-state index in [-0.39, 0.29) is 10.7 Å². The third kappa shape index (κ3) is 3.83. The second-order valence-corrected chi connectivity index (χ2v) is 9.81. The molecule has 0 saturated carbocycles. The summed E-state index contributed by atoms with van der Waals surface area (Å²) in [5, 5.41) is 0.601. The molecular formula is C18H18BrFN2O2S2. The van der Waals surface area contributed by atoms with Crippen molar-refractivity contribution in [1.82, 2.24) is 8.87 Å². The lowest BCUT2D eigenvalue weighted by atomic mass is 10.2. The topological polar surface area (TPSA) is 42.3 Å². The minimum atomic E-state index is -3.81. The molecule has 1 heterocycles. The van der Waals surface area contributed by atoms with Crippen LogP contribution in [0.4, 0.5) is 4.39 Å². The van der Waals surface area contributed by atoms with E-state index in [1.807, 2.05) is 19.0 Å².